The van der Waals surface area contributed by atoms with Crippen molar-refractivity contribution in [2.75, 3.05) is 6.61 Å². The maximum absolute atomic E-state index is 5.94. The van der Waals surface area contributed by atoms with Crippen LogP contribution in [0.3, 0.4) is 0 Å². The normalized spacial score (nSPS) is 17.4. The van der Waals surface area contributed by atoms with Gasteiger partial charge in [-0.3, -0.25) is 0 Å². The molecule has 1 saturated carbocycles. The zero-order chi connectivity index (χ0) is 12.1. The predicted molar refractivity (Wildman–Crippen MR) is 72.6 cm³/mol. The summed E-state index contributed by atoms with van der Waals surface area (Å²) < 4.78 is 5.94. The molecule has 94 valence electrons. The van der Waals surface area contributed by atoms with E-state index in [0.29, 0.717) is 5.92 Å². The molecule has 0 aliphatic heterocycles. The van der Waals surface area contributed by atoms with E-state index in [4.69, 9.17) is 4.74 Å². The summed E-state index contributed by atoms with van der Waals surface area (Å²) in [6.07, 6.45) is 6.90. The molecule has 0 bridgehead atoms. The van der Waals surface area contributed by atoms with Crippen LogP contribution in [0.4, 0.5) is 0 Å². The van der Waals surface area contributed by atoms with Gasteiger partial charge in [-0.1, -0.05) is 45.2 Å². The van der Waals surface area contributed by atoms with Gasteiger partial charge < -0.3 is 4.74 Å². The molecule has 0 N–H and O–H groups in total. The lowest BCUT2D eigenvalue weighted by molar-refractivity contribution is 0.208. The van der Waals surface area contributed by atoms with Crippen molar-refractivity contribution >= 4 is 0 Å². The van der Waals surface area contributed by atoms with Crippen molar-refractivity contribution in [1.29, 1.82) is 0 Å². The fraction of sp³-hybridized carbons (Fsp3) is 0.625. The molecule has 1 aromatic carbocycles. The molecule has 0 aromatic heterocycles. The molecule has 1 nitrogen and oxygen atoms in total. The topological polar surface area (TPSA) is 9.23 Å². The van der Waals surface area contributed by atoms with Crippen LogP contribution in [0.15, 0.2) is 24.3 Å². The van der Waals surface area contributed by atoms with E-state index < -0.39 is 0 Å². The van der Waals surface area contributed by atoms with Gasteiger partial charge >= 0.3 is 0 Å². The molecule has 0 saturated heterocycles. The summed E-state index contributed by atoms with van der Waals surface area (Å²) >= 11 is 0. The highest BCUT2D eigenvalue weighted by molar-refractivity contribution is 5.30. The van der Waals surface area contributed by atoms with Gasteiger partial charge in [0.25, 0.3) is 0 Å². The minimum Gasteiger partial charge on any atom is -0.493 e. The van der Waals surface area contributed by atoms with Crippen molar-refractivity contribution in [2.24, 2.45) is 5.92 Å². The molecule has 2 rings (SSSR count). The summed E-state index contributed by atoms with van der Waals surface area (Å²) in [5.41, 5.74) is 1.37. The lowest BCUT2D eigenvalue weighted by Crippen LogP contribution is -2.15. The van der Waals surface area contributed by atoms with E-state index in [2.05, 4.69) is 38.1 Å². The van der Waals surface area contributed by atoms with Crippen molar-refractivity contribution in [3.63, 3.8) is 0 Å². The van der Waals surface area contributed by atoms with Gasteiger partial charge in [0.15, 0.2) is 0 Å². The molecule has 0 spiro atoms. The first-order valence-corrected chi connectivity index (χ1v) is 6.98. The van der Waals surface area contributed by atoms with Gasteiger partial charge in [-0.15, -0.1) is 0 Å². The molecule has 1 aromatic rings. The summed E-state index contributed by atoms with van der Waals surface area (Å²) in [7, 11) is 0. The first-order valence-electron chi connectivity index (χ1n) is 6.98. The maximum Gasteiger partial charge on any atom is 0.119 e. The first-order chi connectivity index (χ1) is 8.25. The molecule has 0 heterocycles. The average molecular weight is 232 g/mol. The van der Waals surface area contributed by atoms with Gasteiger partial charge in [-0.05, 0) is 42.4 Å². The summed E-state index contributed by atoms with van der Waals surface area (Å²) in [4.78, 5) is 0. The standard InChI is InChI=1S/C16H24O/c1-13(2)15-9-6-10-16(11-15)17-12-14-7-4-3-5-8-14/h6,9-11,13-14H,3-5,7-8,12H2,1-2H3. The highest BCUT2D eigenvalue weighted by atomic mass is 16.5. The second-order valence-corrected chi connectivity index (χ2v) is 5.54. The van der Waals surface area contributed by atoms with Crippen LogP contribution in [0.1, 0.15) is 57.4 Å². The lowest BCUT2D eigenvalue weighted by atomic mass is 9.90. The highest BCUT2D eigenvalue weighted by Crippen LogP contribution is 2.25. The molecule has 0 unspecified atom stereocenters. The number of hydrogen-bond donors (Lipinski definition) is 0. The molecule has 1 fully saturated rings. The van der Waals surface area contributed by atoms with E-state index in [9.17, 15) is 0 Å². The van der Waals surface area contributed by atoms with Crippen molar-refractivity contribution in [3.8, 4) is 5.75 Å². The molecule has 1 heteroatoms. The summed E-state index contributed by atoms with van der Waals surface area (Å²) in [6.45, 7) is 5.35. The minimum absolute atomic E-state index is 0.577. The lowest BCUT2D eigenvalue weighted by Gasteiger charge is -2.21. The summed E-state index contributed by atoms with van der Waals surface area (Å²) in [6, 6.07) is 8.55. The van der Waals surface area contributed by atoms with Crippen molar-refractivity contribution in [3.05, 3.63) is 29.8 Å². The third kappa shape index (κ3) is 3.76. The van der Waals surface area contributed by atoms with Crippen LogP contribution in [0.2, 0.25) is 0 Å². The zero-order valence-electron chi connectivity index (χ0n) is 11.1. The Bertz CT molecular complexity index is 337. The van der Waals surface area contributed by atoms with Crippen LogP contribution in [-0.2, 0) is 0 Å². The fourth-order valence-electron chi connectivity index (χ4n) is 2.53. The Labute approximate surface area is 105 Å². The molecule has 0 radical (unpaired) electrons. The van der Waals surface area contributed by atoms with Gasteiger partial charge in [0.1, 0.15) is 5.75 Å². The average Bonchev–Trinajstić information content (AvgIpc) is 2.38. The van der Waals surface area contributed by atoms with Crippen molar-refractivity contribution in [1.82, 2.24) is 0 Å². The Morgan fingerprint density at radius 1 is 1.18 bits per heavy atom. The van der Waals surface area contributed by atoms with E-state index in [0.717, 1.165) is 18.3 Å². The van der Waals surface area contributed by atoms with Gasteiger partial charge in [0, 0.05) is 0 Å². The van der Waals surface area contributed by atoms with Crippen LogP contribution < -0.4 is 4.74 Å². The third-order valence-corrected chi connectivity index (χ3v) is 3.74. The first kappa shape index (κ1) is 12.5. The molecular formula is C16H24O. The SMILES string of the molecule is CC(C)c1cccc(OCC2CCCCC2)c1. The molecule has 17 heavy (non-hydrogen) atoms. The highest BCUT2D eigenvalue weighted by Gasteiger charge is 2.14. The Balaban J connectivity index is 1.87. The molecule has 0 atom stereocenters. The van der Waals surface area contributed by atoms with Gasteiger partial charge in [0.2, 0.25) is 0 Å². The maximum atomic E-state index is 5.94. The zero-order valence-corrected chi connectivity index (χ0v) is 11.1. The smallest absolute Gasteiger partial charge is 0.119 e. The predicted octanol–water partition coefficient (Wildman–Crippen LogP) is 4.77. The van der Waals surface area contributed by atoms with E-state index in [1.165, 1.54) is 37.7 Å². The van der Waals surface area contributed by atoms with E-state index in [-0.39, 0.29) is 0 Å². The van der Waals surface area contributed by atoms with Crippen LogP contribution in [-0.4, -0.2) is 6.61 Å². The van der Waals surface area contributed by atoms with Gasteiger partial charge in [-0.25, -0.2) is 0 Å². The molecule has 1 aliphatic carbocycles. The number of ether oxygens (including phenoxy) is 1. The minimum atomic E-state index is 0.577. The third-order valence-electron chi connectivity index (χ3n) is 3.74. The van der Waals surface area contributed by atoms with E-state index >= 15 is 0 Å². The quantitative estimate of drug-likeness (QED) is 0.726. The number of hydrogen-bond acceptors (Lipinski definition) is 1. The Morgan fingerprint density at radius 3 is 2.65 bits per heavy atom. The van der Waals surface area contributed by atoms with Crippen LogP contribution in [0, 0.1) is 5.92 Å². The second-order valence-electron chi connectivity index (χ2n) is 5.54. The Kier molecular flexibility index (Phi) is 4.47. The van der Waals surface area contributed by atoms with Crippen molar-refractivity contribution in [2.45, 2.75) is 51.9 Å². The summed E-state index contributed by atoms with van der Waals surface area (Å²) in [5, 5.41) is 0. The number of rotatable bonds is 4. The van der Waals surface area contributed by atoms with Crippen molar-refractivity contribution < 1.29 is 4.74 Å². The fourth-order valence-corrected chi connectivity index (χ4v) is 2.53. The monoisotopic (exact) mass is 232 g/mol. The molecule has 1 aliphatic rings. The largest absolute Gasteiger partial charge is 0.493 e. The molecule has 0 amide bonds. The van der Waals surface area contributed by atoms with Crippen LogP contribution >= 0.6 is 0 Å². The van der Waals surface area contributed by atoms with E-state index in [1.54, 1.807) is 0 Å². The Morgan fingerprint density at radius 2 is 1.94 bits per heavy atom. The molecular weight excluding hydrogens is 208 g/mol. The van der Waals surface area contributed by atoms with Crippen LogP contribution in [0.25, 0.3) is 0 Å². The number of benzene rings is 1. The summed E-state index contributed by atoms with van der Waals surface area (Å²) in [5.74, 6) is 2.40. The second kappa shape index (κ2) is 6.09. The Hall–Kier alpha value is -0.980. The van der Waals surface area contributed by atoms with E-state index in [1.807, 2.05) is 0 Å². The van der Waals surface area contributed by atoms with Gasteiger partial charge in [-0.2, -0.15) is 0 Å². The van der Waals surface area contributed by atoms with Crippen LogP contribution in [0.5, 0.6) is 5.75 Å². The van der Waals surface area contributed by atoms with Gasteiger partial charge in [0.05, 0.1) is 6.61 Å².